The van der Waals surface area contributed by atoms with E-state index in [-0.39, 0.29) is 24.1 Å². The van der Waals surface area contributed by atoms with Crippen LogP contribution in [0.5, 0.6) is 5.75 Å². The second-order valence-electron chi connectivity index (χ2n) is 8.35. The lowest BCUT2D eigenvalue weighted by atomic mass is 10.0. The summed E-state index contributed by atoms with van der Waals surface area (Å²) in [7, 11) is 0. The highest BCUT2D eigenvalue weighted by molar-refractivity contribution is 5.87. The average molecular weight is 524 g/mol. The number of carbonyl (C=O) groups is 1. The summed E-state index contributed by atoms with van der Waals surface area (Å²) in [6, 6.07) is 12.6. The van der Waals surface area contributed by atoms with Crippen LogP contribution in [-0.4, -0.2) is 23.3 Å². The predicted octanol–water partition coefficient (Wildman–Crippen LogP) is 6.41. The molecule has 3 aromatic rings. The van der Waals surface area contributed by atoms with Crippen LogP contribution < -0.4 is 10.1 Å². The summed E-state index contributed by atoms with van der Waals surface area (Å²) < 4.78 is 89.4. The zero-order valence-electron chi connectivity index (χ0n) is 19.3. The third-order valence-corrected chi connectivity index (χ3v) is 5.66. The van der Waals surface area contributed by atoms with Crippen molar-refractivity contribution in [3.63, 3.8) is 0 Å². The smallest absolute Gasteiger partial charge is 0.422 e. The summed E-state index contributed by atoms with van der Waals surface area (Å²) in [6.07, 6.45) is -3.96. The van der Waals surface area contributed by atoms with Gasteiger partial charge in [-0.25, -0.2) is 0 Å². The van der Waals surface area contributed by atoms with Crippen molar-refractivity contribution < 1.29 is 40.6 Å². The lowest BCUT2D eigenvalue weighted by Gasteiger charge is -2.16. The molecule has 1 aliphatic heterocycles. The van der Waals surface area contributed by atoms with E-state index in [0.29, 0.717) is 30.3 Å². The monoisotopic (exact) mass is 524 g/mol. The molecule has 0 saturated carbocycles. The van der Waals surface area contributed by atoms with Crippen LogP contribution in [-0.2, 0) is 29.0 Å². The molecule has 1 N–H and O–H groups in total. The van der Waals surface area contributed by atoms with Crippen LogP contribution in [0.15, 0.2) is 72.9 Å². The molecule has 2 aromatic carbocycles. The summed E-state index contributed by atoms with van der Waals surface area (Å²) in [5.74, 6) is -0.847. The molecule has 5 nitrogen and oxygen atoms in total. The first-order chi connectivity index (χ1) is 17.5. The second-order valence-corrected chi connectivity index (χ2v) is 8.35. The van der Waals surface area contributed by atoms with E-state index >= 15 is 0 Å². The van der Waals surface area contributed by atoms with Crippen molar-refractivity contribution in [2.75, 3.05) is 6.61 Å². The van der Waals surface area contributed by atoms with Crippen molar-refractivity contribution in [2.45, 2.75) is 38.2 Å². The van der Waals surface area contributed by atoms with Crippen LogP contribution in [0.25, 0.3) is 11.1 Å². The van der Waals surface area contributed by atoms with Crippen molar-refractivity contribution >= 4 is 5.91 Å². The first-order valence-electron chi connectivity index (χ1n) is 11.2. The highest BCUT2D eigenvalue weighted by Crippen LogP contribution is 2.38. The van der Waals surface area contributed by atoms with E-state index in [0.717, 1.165) is 17.8 Å². The number of hydrogen-bond acceptors (Lipinski definition) is 3. The number of ether oxygens (including phenoxy) is 2. The number of amides is 1. The molecular weight excluding hydrogens is 502 g/mol. The van der Waals surface area contributed by atoms with Crippen molar-refractivity contribution in [3.05, 3.63) is 89.8 Å². The fraction of sp³-hybridized carbons (Fsp3) is 0.269. The molecule has 1 aliphatic rings. The number of nitrogens with one attached hydrogen (secondary N) is 1. The molecule has 2 heterocycles. The van der Waals surface area contributed by atoms with Gasteiger partial charge in [0.1, 0.15) is 18.6 Å². The standard InChI is InChI=1S/C26H22F6N2O3/c27-25(28,29)15-36-23-13-19(26(30,31)32)10-11-20(23)18-8-6-17(7-9-18)14-33-24(35)5-1-4-22-21-3-2-12-34(21)16-37-22/h1-3,5-13,22H,4,14-16H2,(H,33,35). The Kier molecular flexibility index (Phi) is 7.63. The molecule has 1 aromatic heterocycles. The van der Waals surface area contributed by atoms with Gasteiger partial charge in [0, 0.05) is 24.0 Å². The van der Waals surface area contributed by atoms with Crippen LogP contribution in [0, 0.1) is 0 Å². The first kappa shape index (κ1) is 26.3. The van der Waals surface area contributed by atoms with Gasteiger partial charge in [-0.2, -0.15) is 26.3 Å². The van der Waals surface area contributed by atoms with Gasteiger partial charge in [0.15, 0.2) is 6.61 Å². The molecule has 1 atom stereocenters. The van der Waals surface area contributed by atoms with E-state index in [1.165, 1.54) is 18.2 Å². The molecule has 0 bridgehead atoms. The fourth-order valence-corrected chi connectivity index (χ4v) is 3.85. The van der Waals surface area contributed by atoms with Crippen LogP contribution in [0.2, 0.25) is 0 Å². The Morgan fingerprint density at radius 3 is 2.54 bits per heavy atom. The molecule has 196 valence electrons. The minimum Gasteiger partial charge on any atom is -0.483 e. The fourth-order valence-electron chi connectivity index (χ4n) is 3.85. The Morgan fingerprint density at radius 1 is 1.08 bits per heavy atom. The largest absolute Gasteiger partial charge is 0.483 e. The molecular formula is C26H22F6N2O3. The minimum atomic E-state index is -4.74. The Labute approximate surface area is 208 Å². The molecule has 0 saturated heterocycles. The summed E-state index contributed by atoms with van der Waals surface area (Å²) in [5.41, 5.74) is 1.06. The van der Waals surface area contributed by atoms with Crippen LogP contribution in [0.4, 0.5) is 26.3 Å². The predicted molar refractivity (Wildman–Crippen MR) is 122 cm³/mol. The molecule has 37 heavy (non-hydrogen) atoms. The van der Waals surface area contributed by atoms with Gasteiger partial charge in [-0.1, -0.05) is 36.4 Å². The number of aromatic nitrogens is 1. The van der Waals surface area contributed by atoms with E-state index < -0.39 is 30.3 Å². The van der Waals surface area contributed by atoms with Crippen molar-refractivity contribution in [1.82, 2.24) is 9.88 Å². The molecule has 0 spiro atoms. The Morgan fingerprint density at radius 2 is 1.84 bits per heavy atom. The third-order valence-electron chi connectivity index (χ3n) is 5.66. The number of nitrogens with zero attached hydrogens (tertiary/aromatic N) is 1. The zero-order valence-corrected chi connectivity index (χ0v) is 19.3. The molecule has 11 heteroatoms. The summed E-state index contributed by atoms with van der Waals surface area (Å²) >= 11 is 0. The van der Waals surface area contributed by atoms with Crippen molar-refractivity contribution in [1.29, 1.82) is 0 Å². The maximum Gasteiger partial charge on any atom is 0.422 e. The van der Waals surface area contributed by atoms with Crippen molar-refractivity contribution in [3.8, 4) is 16.9 Å². The third kappa shape index (κ3) is 6.94. The maximum atomic E-state index is 13.1. The average Bonchev–Trinajstić information content (AvgIpc) is 3.46. The quantitative estimate of drug-likeness (QED) is 0.274. The number of alkyl halides is 6. The zero-order chi connectivity index (χ0) is 26.6. The van der Waals surface area contributed by atoms with Gasteiger partial charge in [0.05, 0.1) is 5.56 Å². The number of benzene rings is 2. The number of rotatable bonds is 8. The van der Waals surface area contributed by atoms with Gasteiger partial charge in [-0.3, -0.25) is 4.79 Å². The Balaban J connectivity index is 1.37. The van der Waals surface area contributed by atoms with Crippen LogP contribution >= 0.6 is 0 Å². The molecule has 0 aliphatic carbocycles. The molecule has 1 amide bonds. The molecule has 0 fully saturated rings. The molecule has 4 rings (SSSR count). The van der Waals surface area contributed by atoms with E-state index in [2.05, 4.69) is 5.32 Å². The van der Waals surface area contributed by atoms with Gasteiger partial charge in [-0.05, 0) is 47.9 Å². The lowest BCUT2D eigenvalue weighted by Crippen LogP contribution is -2.20. The first-order valence-corrected chi connectivity index (χ1v) is 11.2. The van der Waals surface area contributed by atoms with E-state index in [1.807, 2.05) is 22.9 Å². The number of fused-ring (bicyclic) bond motifs is 1. The van der Waals surface area contributed by atoms with Gasteiger partial charge < -0.3 is 19.4 Å². The van der Waals surface area contributed by atoms with Crippen LogP contribution in [0.3, 0.4) is 0 Å². The molecule has 0 radical (unpaired) electrons. The summed E-state index contributed by atoms with van der Waals surface area (Å²) in [5, 5.41) is 2.72. The van der Waals surface area contributed by atoms with Gasteiger partial charge in [0.2, 0.25) is 5.91 Å². The van der Waals surface area contributed by atoms with Crippen LogP contribution in [0.1, 0.15) is 29.3 Å². The second kappa shape index (κ2) is 10.7. The topological polar surface area (TPSA) is 52.5 Å². The minimum absolute atomic E-state index is 0.0797. The van der Waals surface area contributed by atoms with Gasteiger partial charge in [-0.15, -0.1) is 0 Å². The van der Waals surface area contributed by atoms with E-state index in [9.17, 15) is 31.1 Å². The maximum absolute atomic E-state index is 13.1. The van der Waals surface area contributed by atoms with Gasteiger partial charge >= 0.3 is 12.4 Å². The lowest BCUT2D eigenvalue weighted by molar-refractivity contribution is -0.153. The number of halogens is 6. The Bertz CT molecular complexity index is 1260. The summed E-state index contributed by atoms with van der Waals surface area (Å²) in [4.78, 5) is 12.1. The Hall–Kier alpha value is -3.73. The number of hydrogen-bond donors (Lipinski definition) is 1. The SMILES string of the molecule is O=C(C=CCC1OCn2cccc21)NCc1ccc(-c2ccc(C(F)(F)F)cc2OCC(F)(F)F)cc1. The molecule has 1 unspecified atom stereocenters. The highest BCUT2D eigenvalue weighted by atomic mass is 19.4. The summed E-state index contributed by atoms with van der Waals surface area (Å²) in [6.45, 7) is -1.07. The van der Waals surface area contributed by atoms with Crippen molar-refractivity contribution in [2.24, 2.45) is 0 Å². The highest BCUT2D eigenvalue weighted by Gasteiger charge is 2.33. The van der Waals surface area contributed by atoms with Gasteiger partial charge in [0.25, 0.3) is 0 Å². The number of carbonyl (C=O) groups excluding carboxylic acids is 1. The normalized spacial score (nSPS) is 15.7. The van der Waals surface area contributed by atoms with E-state index in [4.69, 9.17) is 9.47 Å². The van der Waals surface area contributed by atoms with E-state index in [1.54, 1.807) is 18.2 Å².